The van der Waals surface area contributed by atoms with Gasteiger partial charge < -0.3 is 10.2 Å². The number of carbonyl (C=O) groups excluding carboxylic acids is 1. The molecule has 28 heavy (non-hydrogen) atoms. The average molecular weight is 388 g/mol. The van der Waals surface area contributed by atoms with Crippen LogP contribution in [0.1, 0.15) is 45.1 Å². The van der Waals surface area contributed by atoms with Crippen molar-refractivity contribution < 1.29 is 9.21 Å². The van der Waals surface area contributed by atoms with Crippen molar-refractivity contribution in [3.8, 4) is 11.3 Å². The monoisotopic (exact) mass is 388 g/mol. The highest BCUT2D eigenvalue weighted by atomic mass is 32.1. The normalized spacial score (nSPS) is 13.6. The van der Waals surface area contributed by atoms with Crippen LogP contribution in [-0.2, 0) is 12.8 Å². The zero-order valence-corrected chi connectivity index (χ0v) is 16.4. The highest BCUT2D eigenvalue weighted by Gasteiger charge is 2.27. The van der Waals surface area contributed by atoms with E-state index in [0.717, 1.165) is 58.7 Å². The molecule has 4 nitrogen and oxygen atoms in total. The lowest BCUT2D eigenvalue weighted by molar-refractivity contribution is 0.104. The summed E-state index contributed by atoms with van der Waals surface area (Å²) in [4.78, 5) is 19.4. The Morgan fingerprint density at radius 3 is 2.64 bits per heavy atom. The summed E-state index contributed by atoms with van der Waals surface area (Å²) in [5.74, 6) is 1.62. The first kappa shape index (κ1) is 17.2. The molecule has 0 saturated heterocycles. The van der Waals surface area contributed by atoms with Crippen molar-refractivity contribution in [2.75, 3.05) is 5.73 Å². The van der Waals surface area contributed by atoms with Crippen LogP contribution < -0.4 is 5.73 Å². The van der Waals surface area contributed by atoms with Gasteiger partial charge in [-0.3, -0.25) is 4.79 Å². The van der Waals surface area contributed by atoms with Gasteiger partial charge in [0.25, 0.3) is 0 Å². The SMILES string of the molecule is Cc1ccc(-c2c3c(nc4sc(C(=O)c5ccccc5)c(N)c24)CCCC3)o1. The molecule has 0 radical (unpaired) electrons. The summed E-state index contributed by atoms with van der Waals surface area (Å²) in [6.45, 7) is 1.94. The highest BCUT2D eigenvalue weighted by molar-refractivity contribution is 7.21. The lowest BCUT2D eigenvalue weighted by Crippen LogP contribution is -2.07. The summed E-state index contributed by atoms with van der Waals surface area (Å²) in [5.41, 5.74) is 11.1. The molecule has 1 aliphatic carbocycles. The van der Waals surface area contributed by atoms with Crippen molar-refractivity contribution in [2.45, 2.75) is 32.6 Å². The van der Waals surface area contributed by atoms with Crippen LogP contribution in [0.4, 0.5) is 5.69 Å². The zero-order chi connectivity index (χ0) is 19.3. The molecule has 0 spiro atoms. The lowest BCUT2D eigenvalue weighted by atomic mass is 9.89. The number of nitrogens with zero attached hydrogens (tertiary/aromatic N) is 1. The minimum atomic E-state index is -0.0550. The largest absolute Gasteiger partial charge is 0.461 e. The van der Waals surface area contributed by atoms with Crippen molar-refractivity contribution in [1.82, 2.24) is 4.98 Å². The van der Waals surface area contributed by atoms with Crippen LogP contribution in [0.25, 0.3) is 21.5 Å². The molecule has 0 fully saturated rings. The third kappa shape index (κ3) is 2.66. The molecular weight excluding hydrogens is 368 g/mol. The summed E-state index contributed by atoms with van der Waals surface area (Å²) in [5, 5.41) is 0.860. The van der Waals surface area contributed by atoms with Crippen LogP contribution in [-0.4, -0.2) is 10.8 Å². The Kier molecular flexibility index (Phi) is 4.05. The van der Waals surface area contributed by atoms with Crippen LogP contribution in [0.2, 0.25) is 0 Å². The first-order valence-electron chi connectivity index (χ1n) is 9.53. The van der Waals surface area contributed by atoms with Crippen LogP contribution in [0.3, 0.4) is 0 Å². The van der Waals surface area contributed by atoms with Gasteiger partial charge >= 0.3 is 0 Å². The first-order valence-corrected chi connectivity index (χ1v) is 10.4. The van der Waals surface area contributed by atoms with Gasteiger partial charge in [0.2, 0.25) is 5.78 Å². The maximum Gasteiger partial charge on any atom is 0.205 e. The number of carbonyl (C=O) groups is 1. The fourth-order valence-corrected chi connectivity index (χ4v) is 5.12. The molecule has 140 valence electrons. The van der Waals surface area contributed by atoms with Crippen molar-refractivity contribution in [3.63, 3.8) is 0 Å². The van der Waals surface area contributed by atoms with E-state index in [-0.39, 0.29) is 5.78 Å². The molecule has 3 aromatic heterocycles. The van der Waals surface area contributed by atoms with Gasteiger partial charge in [0.15, 0.2) is 0 Å². The number of thiophene rings is 1. The quantitative estimate of drug-likeness (QED) is 0.467. The Balaban J connectivity index is 1.79. The molecule has 2 N–H and O–H groups in total. The van der Waals surface area contributed by atoms with E-state index in [1.165, 1.54) is 16.9 Å². The minimum Gasteiger partial charge on any atom is -0.461 e. The molecule has 0 atom stereocenters. The third-order valence-corrected chi connectivity index (χ3v) is 6.48. The molecule has 1 aromatic carbocycles. The molecule has 3 heterocycles. The Morgan fingerprint density at radius 2 is 1.89 bits per heavy atom. The molecule has 5 heteroatoms. The number of hydrogen-bond acceptors (Lipinski definition) is 5. The number of nitrogen functional groups attached to an aromatic ring is 1. The van der Waals surface area contributed by atoms with Gasteiger partial charge in [0, 0.05) is 22.2 Å². The van der Waals surface area contributed by atoms with E-state index in [0.29, 0.717) is 16.1 Å². The number of nitrogens with two attached hydrogens (primary N) is 1. The molecular formula is C23H20N2O2S. The fraction of sp³-hybridized carbons (Fsp3) is 0.217. The van der Waals surface area contributed by atoms with E-state index in [1.807, 2.05) is 49.4 Å². The van der Waals surface area contributed by atoms with Crippen LogP contribution in [0, 0.1) is 6.92 Å². The van der Waals surface area contributed by atoms with Gasteiger partial charge in [-0.1, -0.05) is 30.3 Å². The average Bonchev–Trinajstić information content (AvgIpc) is 3.30. The molecule has 0 saturated carbocycles. The summed E-state index contributed by atoms with van der Waals surface area (Å²) >= 11 is 1.39. The van der Waals surface area contributed by atoms with Crippen molar-refractivity contribution in [3.05, 3.63) is 69.9 Å². The van der Waals surface area contributed by atoms with E-state index in [9.17, 15) is 4.79 Å². The molecule has 1 aliphatic rings. The predicted octanol–water partition coefficient (Wildman–Crippen LogP) is 5.56. The van der Waals surface area contributed by atoms with Crippen molar-refractivity contribution >= 4 is 33.0 Å². The predicted molar refractivity (Wildman–Crippen MR) is 113 cm³/mol. The first-order chi connectivity index (χ1) is 13.6. The second-order valence-electron chi connectivity index (χ2n) is 7.25. The number of rotatable bonds is 3. The summed E-state index contributed by atoms with van der Waals surface area (Å²) in [6.07, 6.45) is 4.19. The van der Waals surface area contributed by atoms with E-state index >= 15 is 0 Å². The van der Waals surface area contributed by atoms with Crippen LogP contribution >= 0.6 is 11.3 Å². The Labute approximate surface area is 167 Å². The number of fused-ring (bicyclic) bond motifs is 2. The number of aromatic nitrogens is 1. The summed E-state index contributed by atoms with van der Waals surface area (Å²) in [6, 6.07) is 13.2. The third-order valence-electron chi connectivity index (χ3n) is 5.38. The van der Waals surface area contributed by atoms with E-state index < -0.39 is 0 Å². The number of pyridine rings is 1. The van der Waals surface area contributed by atoms with Crippen molar-refractivity contribution in [2.24, 2.45) is 0 Å². The maximum absolute atomic E-state index is 13.1. The van der Waals surface area contributed by atoms with Crippen LogP contribution in [0.15, 0.2) is 46.9 Å². The van der Waals surface area contributed by atoms with Gasteiger partial charge in [-0.15, -0.1) is 11.3 Å². The smallest absolute Gasteiger partial charge is 0.205 e. The molecule has 5 rings (SSSR count). The summed E-state index contributed by atoms with van der Waals surface area (Å²) < 4.78 is 5.99. The molecule has 0 aliphatic heterocycles. The Morgan fingerprint density at radius 1 is 1.11 bits per heavy atom. The zero-order valence-electron chi connectivity index (χ0n) is 15.6. The minimum absolute atomic E-state index is 0.0550. The number of hydrogen-bond donors (Lipinski definition) is 1. The lowest BCUT2D eigenvalue weighted by Gasteiger charge is -2.18. The number of aryl methyl sites for hydroxylation is 2. The standard InChI is InChI=1S/C23H20N2O2S/c1-13-11-12-17(27-13)18-15-9-5-6-10-16(15)25-23-19(18)20(24)22(28-23)21(26)14-7-3-2-4-8-14/h2-4,7-8,11-12H,5-6,9-10,24H2,1H3. The van der Waals surface area contributed by atoms with Crippen LogP contribution in [0.5, 0.6) is 0 Å². The number of ketones is 1. The molecule has 0 unspecified atom stereocenters. The number of benzene rings is 1. The second kappa shape index (κ2) is 6.60. The van der Waals surface area contributed by atoms with Crippen molar-refractivity contribution in [1.29, 1.82) is 0 Å². The van der Waals surface area contributed by atoms with E-state index in [2.05, 4.69) is 0 Å². The topological polar surface area (TPSA) is 69.1 Å². The highest BCUT2D eigenvalue weighted by Crippen LogP contribution is 2.44. The Hall–Kier alpha value is -2.92. The molecule has 0 bridgehead atoms. The van der Waals surface area contributed by atoms with E-state index in [4.69, 9.17) is 15.1 Å². The maximum atomic E-state index is 13.1. The summed E-state index contributed by atoms with van der Waals surface area (Å²) in [7, 11) is 0. The molecule has 4 aromatic rings. The number of anilines is 1. The molecule has 0 amide bonds. The van der Waals surface area contributed by atoms with Gasteiger partial charge in [-0.05, 0) is 50.3 Å². The van der Waals surface area contributed by atoms with E-state index in [1.54, 1.807) is 0 Å². The van der Waals surface area contributed by atoms with Gasteiger partial charge in [0.05, 0.1) is 5.69 Å². The van der Waals surface area contributed by atoms with Gasteiger partial charge in [-0.25, -0.2) is 4.98 Å². The van der Waals surface area contributed by atoms with Gasteiger partial charge in [0.1, 0.15) is 21.2 Å². The number of furan rings is 1. The Bertz CT molecular complexity index is 1200. The fourth-order valence-electron chi connectivity index (χ4n) is 4.04. The van der Waals surface area contributed by atoms with Gasteiger partial charge in [-0.2, -0.15) is 0 Å². The second-order valence-corrected chi connectivity index (χ2v) is 8.25.